The Morgan fingerprint density at radius 2 is 2.00 bits per heavy atom. The maximum atomic E-state index is 12.1. The van der Waals surface area contributed by atoms with E-state index in [4.69, 9.17) is 42.1 Å². The van der Waals surface area contributed by atoms with Gasteiger partial charge in [-0.3, -0.25) is 4.79 Å². The molecule has 0 aliphatic carbocycles. The zero-order valence-corrected chi connectivity index (χ0v) is 17.0. The summed E-state index contributed by atoms with van der Waals surface area (Å²) in [6.45, 7) is 0.307. The van der Waals surface area contributed by atoms with E-state index in [1.807, 2.05) is 0 Å². The largest absolute Gasteiger partial charge is 0.385 e. The summed E-state index contributed by atoms with van der Waals surface area (Å²) in [5.41, 5.74) is 0.757. The van der Waals surface area contributed by atoms with E-state index in [9.17, 15) is 9.90 Å². The molecule has 1 aromatic rings. The number of carbonyl (C=O) groups is 1. The van der Waals surface area contributed by atoms with Gasteiger partial charge in [-0.15, -0.1) is 0 Å². The van der Waals surface area contributed by atoms with Gasteiger partial charge in [-0.2, -0.15) is 0 Å². The van der Waals surface area contributed by atoms with Gasteiger partial charge in [-0.05, 0) is 24.1 Å². The molecule has 0 bridgehead atoms. The Morgan fingerprint density at radius 1 is 1.30 bits per heavy atom. The van der Waals surface area contributed by atoms with Crippen molar-refractivity contribution in [3.8, 4) is 0 Å². The fourth-order valence-corrected chi connectivity index (χ4v) is 3.38. The highest BCUT2D eigenvalue weighted by Crippen LogP contribution is 2.34. The van der Waals surface area contributed by atoms with Crippen molar-refractivity contribution in [3.63, 3.8) is 0 Å². The van der Waals surface area contributed by atoms with Crippen molar-refractivity contribution in [2.75, 3.05) is 27.9 Å². The van der Waals surface area contributed by atoms with E-state index in [1.54, 1.807) is 18.2 Å². The van der Waals surface area contributed by atoms with Crippen molar-refractivity contribution < 1.29 is 28.8 Å². The van der Waals surface area contributed by atoms with E-state index in [0.29, 0.717) is 23.0 Å². The Bertz CT molecular complexity index is 640. The second-order valence-corrected chi connectivity index (χ2v) is 7.09. The average Bonchev–Trinajstić information content (AvgIpc) is 2.66. The normalized spacial score (nSPS) is 24.6. The molecule has 9 heteroatoms. The quantitative estimate of drug-likeness (QED) is 0.625. The van der Waals surface area contributed by atoms with Crippen LogP contribution < -0.4 is 5.32 Å². The van der Waals surface area contributed by atoms with Crippen LogP contribution in [-0.2, 0) is 30.2 Å². The molecule has 0 radical (unpaired) electrons. The zero-order valence-electron chi connectivity index (χ0n) is 15.5. The Hall–Kier alpha value is -0.930. The number of benzene rings is 1. The summed E-state index contributed by atoms with van der Waals surface area (Å²) in [4.78, 5) is 12.1. The zero-order chi connectivity index (χ0) is 20.0. The molecule has 1 fully saturated rings. The molecular formula is C18H25Cl2NO6. The topological polar surface area (TPSA) is 86.3 Å². The molecule has 1 aliphatic rings. The summed E-state index contributed by atoms with van der Waals surface area (Å²) in [6, 6.07) is 5.06. The summed E-state index contributed by atoms with van der Waals surface area (Å²) in [5, 5.41) is 14.2. The number of ether oxygens (including phenoxy) is 4. The number of carbonyl (C=O) groups excluding carboxylic acids is 1. The molecule has 1 amide bonds. The maximum absolute atomic E-state index is 12.1. The lowest BCUT2D eigenvalue weighted by molar-refractivity contribution is -0.352. The van der Waals surface area contributed by atoms with Crippen LogP contribution in [0.2, 0.25) is 10.0 Å². The number of hydrogen-bond acceptors (Lipinski definition) is 6. The Labute approximate surface area is 168 Å². The average molecular weight is 422 g/mol. The van der Waals surface area contributed by atoms with Crippen molar-refractivity contribution in [2.24, 2.45) is 0 Å². The van der Waals surface area contributed by atoms with Crippen LogP contribution in [0.5, 0.6) is 0 Å². The van der Waals surface area contributed by atoms with Gasteiger partial charge in [0.05, 0.1) is 29.0 Å². The van der Waals surface area contributed by atoms with Crippen molar-refractivity contribution >= 4 is 29.1 Å². The summed E-state index contributed by atoms with van der Waals surface area (Å²) in [7, 11) is 4.43. The standard InChI is InChI=1S/C18H25Cl2NO6/c1-24-16-10-18(25-2,26-3)17(23)14(27-16)6-7-21-15(22)9-11-4-5-12(19)13(20)8-11/h4-5,8,14,16-17,23H,6-7,9-10H2,1-3H3,(H,21,22)/t14-,16+,17-/m1/s1. The van der Waals surface area contributed by atoms with Gasteiger partial charge in [0.1, 0.15) is 6.10 Å². The number of methoxy groups -OCH3 is 3. The highest BCUT2D eigenvalue weighted by atomic mass is 35.5. The minimum absolute atomic E-state index is 0.172. The molecule has 7 nitrogen and oxygen atoms in total. The molecule has 2 rings (SSSR count). The van der Waals surface area contributed by atoms with Crippen LogP contribution in [0.3, 0.4) is 0 Å². The SMILES string of the molecule is CO[C@@H]1CC(OC)(OC)[C@H](O)[C@@H](CCNC(=O)Cc2ccc(Cl)c(Cl)c2)O1. The molecule has 1 saturated heterocycles. The smallest absolute Gasteiger partial charge is 0.224 e. The van der Waals surface area contributed by atoms with Crippen LogP contribution in [0.15, 0.2) is 18.2 Å². The predicted octanol–water partition coefficient (Wildman–Crippen LogP) is 2.15. The minimum Gasteiger partial charge on any atom is -0.385 e. The summed E-state index contributed by atoms with van der Waals surface area (Å²) < 4.78 is 21.7. The molecule has 1 aliphatic heterocycles. The molecule has 0 unspecified atom stereocenters. The molecular weight excluding hydrogens is 397 g/mol. The number of nitrogens with one attached hydrogen (secondary N) is 1. The van der Waals surface area contributed by atoms with Gasteiger partial charge in [0.25, 0.3) is 0 Å². The number of rotatable bonds is 8. The fraction of sp³-hybridized carbons (Fsp3) is 0.611. The lowest BCUT2D eigenvalue weighted by Crippen LogP contribution is -2.60. The first-order valence-corrected chi connectivity index (χ1v) is 9.28. The number of halogens is 2. The Kier molecular flexibility index (Phi) is 8.30. The number of aliphatic hydroxyl groups is 1. The number of amides is 1. The molecule has 1 aromatic carbocycles. The summed E-state index contributed by atoms with van der Waals surface area (Å²) >= 11 is 11.8. The van der Waals surface area contributed by atoms with E-state index in [2.05, 4.69) is 5.32 Å². The lowest BCUT2D eigenvalue weighted by Gasteiger charge is -2.45. The molecule has 0 aromatic heterocycles. The Morgan fingerprint density at radius 3 is 2.59 bits per heavy atom. The first-order chi connectivity index (χ1) is 12.8. The fourth-order valence-electron chi connectivity index (χ4n) is 3.06. The van der Waals surface area contributed by atoms with E-state index >= 15 is 0 Å². The van der Waals surface area contributed by atoms with E-state index < -0.39 is 24.3 Å². The van der Waals surface area contributed by atoms with Crippen LogP contribution in [0.25, 0.3) is 0 Å². The molecule has 2 N–H and O–H groups in total. The third kappa shape index (κ3) is 5.54. The molecule has 27 heavy (non-hydrogen) atoms. The third-order valence-corrected chi connectivity index (χ3v) is 5.37. The van der Waals surface area contributed by atoms with Crippen molar-refractivity contribution in [3.05, 3.63) is 33.8 Å². The molecule has 0 spiro atoms. The predicted molar refractivity (Wildman–Crippen MR) is 101 cm³/mol. The minimum atomic E-state index is -1.21. The van der Waals surface area contributed by atoms with Crippen molar-refractivity contribution in [1.29, 1.82) is 0 Å². The first kappa shape index (κ1) is 22.4. The van der Waals surface area contributed by atoms with E-state index in [1.165, 1.54) is 21.3 Å². The second-order valence-electron chi connectivity index (χ2n) is 6.27. The van der Waals surface area contributed by atoms with Crippen LogP contribution in [0.1, 0.15) is 18.4 Å². The van der Waals surface area contributed by atoms with E-state index in [0.717, 1.165) is 5.56 Å². The van der Waals surface area contributed by atoms with Gasteiger partial charge in [-0.1, -0.05) is 29.3 Å². The molecule has 1 heterocycles. The third-order valence-electron chi connectivity index (χ3n) is 4.63. The molecule has 3 atom stereocenters. The highest BCUT2D eigenvalue weighted by Gasteiger charge is 2.50. The van der Waals surface area contributed by atoms with Gasteiger partial charge in [0.15, 0.2) is 6.29 Å². The van der Waals surface area contributed by atoms with Gasteiger partial charge in [0.2, 0.25) is 11.7 Å². The van der Waals surface area contributed by atoms with Crippen LogP contribution in [-0.4, -0.2) is 63.2 Å². The van der Waals surface area contributed by atoms with Crippen LogP contribution in [0, 0.1) is 0 Å². The van der Waals surface area contributed by atoms with Gasteiger partial charge in [0, 0.05) is 27.9 Å². The molecule has 152 valence electrons. The summed E-state index contributed by atoms with van der Waals surface area (Å²) in [6.07, 6.45) is -1.45. The molecule has 0 saturated carbocycles. The van der Waals surface area contributed by atoms with Crippen LogP contribution >= 0.6 is 23.2 Å². The second kappa shape index (κ2) is 10.0. The Balaban J connectivity index is 1.88. The van der Waals surface area contributed by atoms with Crippen molar-refractivity contribution in [1.82, 2.24) is 5.32 Å². The van der Waals surface area contributed by atoms with Gasteiger partial charge >= 0.3 is 0 Å². The van der Waals surface area contributed by atoms with E-state index in [-0.39, 0.29) is 18.7 Å². The number of aliphatic hydroxyl groups excluding tert-OH is 1. The maximum Gasteiger partial charge on any atom is 0.224 e. The summed E-state index contributed by atoms with van der Waals surface area (Å²) in [5.74, 6) is -1.39. The van der Waals surface area contributed by atoms with Gasteiger partial charge < -0.3 is 29.4 Å². The lowest BCUT2D eigenvalue weighted by atomic mass is 9.95. The monoisotopic (exact) mass is 421 g/mol. The first-order valence-electron chi connectivity index (χ1n) is 8.52. The number of hydrogen-bond donors (Lipinski definition) is 2. The van der Waals surface area contributed by atoms with Crippen molar-refractivity contribution in [2.45, 2.75) is 43.5 Å². The van der Waals surface area contributed by atoms with Crippen LogP contribution in [0.4, 0.5) is 0 Å². The highest BCUT2D eigenvalue weighted by molar-refractivity contribution is 6.42. The van der Waals surface area contributed by atoms with Gasteiger partial charge in [-0.25, -0.2) is 0 Å².